The van der Waals surface area contributed by atoms with Crippen LogP contribution in [0.15, 0.2) is 10.7 Å². The first kappa shape index (κ1) is 12.4. The number of thioether (sulfide) groups is 1. The Morgan fingerprint density at radius 2 is 2.47 bits per heavy atom. The third-order valence-electron chi connectivity index (χ3n) is 1.55. The molecular weight excluding hydrogens is 234 g/mol. The summed E-state index contributed by atoms with van der Waals surface area (Å²) in [4.78, 5) is 14.9. The molecule has 1 unspecified atom stereocenters. The van der Waals surface area contributed by atoms with Gasteiger partial charge >= 0.3 is 5.97 Å². The van der Waals surface area contributed by atoms with Crippen LogP contribution in [-0.2, 0) is 4.79 Å². The highest BCUT2D eigenvalue weighted by Crippen LogP contribution is 2.19. The van der Waals surface area contributed by atoms with E-state index in [9.17, 15) is 4.79 Å². The van der Waals surface area contributed by atoms with E-state index in [4.69, 9.17) is 5.11 Å². The lowest BCUT2D eigenvalue weighted by molar-refractivity contribution is -0.139. The van der Waals surface area contributed by atoms with Gasteiger partial charge in [0.1, 0.15) is 12.4 Å². The number of carboxylic acids is 1. The molecule has 0 saturated heterocycles. The molecule has 7 heteroatoms. The summed E-state index contributed by atoms with van der Waals surface area (Å²) in [7, 11) is 0. The minimum Gasteiger partial charge on any atom is -0.480 e. The Balaban J connectivity index is 2.41. The van der Waals surface area contributed by atoms with Crippen LogP contribution in [0.3, 0.4) is 0 Å². The molecule has 0 aliphatic carbocycles. The van der Waals surface area contributed by atoms with Crippen LogP contribution >= 0.6 is 23.3 Å². The Hall–Kier alpha value is -0.660. The molecule has 0 radical (unpaired) electrons. The molecule has 1 aromatic rings. The molecule has 84 valence electrons. The third-order valence-corrected chi connectivity index (χ3v) is 3.44. The maximum Gasteiger partial charge on any atom is 0.321 e. The average molecular weight is 247 g/mol. The summed E-state index contributed by atoms with van der Waals surface area (Å²) in [6.45, 7) is 3.84. The molecule has 1 heterocycles. The highest BCUT2D eigenvalue weighted by atomic mass is 32.2. The van der Waals surface area contributed by atoms with Gasteiger partial charge in [-0.2, -0.15) is 4.37 Å². The normalized spacial score (nSPS) is 13.0. The molecule has 0 bridgehead atoms. The minimum absolute atomic E-state index is 0.154. The van der Waals surface area contributed by atoms with E-state index in [1.54, 1.807) is 0 Å². The molecule has 0 aliphatic rings. The van der Waals surface area contributed by atoms with E-state index in [1.165, 1.54) is 29.6 Å². The highest BCUT2D eigenvalue weighted by Gasteiger charge is 2.18. The summed E-state index contributed by atoms with van der Waals surface area (Å²) in [5.41, 5.74) is 0. The van der Waals surface area contributed by atoms with Gasteiger partial charge in [-0.3, -0.25) is 4.79 Å². The van der Waals surface area contributed by atoms with Crippen LogP contribution in [0.2, 0.25) is 0 Å². The first-order chi connectivity index (χ1) is 7.09. The summed E-state index contributed by atoms with van der Waals surface area (Å²) in [5.74, 6) is -0.372. The monoisotopic (exact) mass is 247 g/mol. The zero-order valence-corrected chi connectivity index (χ0v) is 10.1. The van der Waals surface area contributed by atoms with Crippen molar-refractivity contribution in [1.82, 2.24) is 14.7 Å². The van der Waals surface area contributed by atoms with Crippen molar-refractivity contribution in [2.24, 2.45) is 0 Å². The Labute approximate surface area is 96.5 Å². The van der Waals surface area contributed by atoms with Crippen LogP contribution < -0.4 is 5.32 Å². The van der Waals surface area contributed by atoms with Crippen LogP contribution in [-0.4, -0.2) is 38.3 Å². The van der Waals surface area contributed by atoms with E-state index in [0.29, 0.717) is 5.75 Å². The number of aliphatic carboxylic acids is 1. The van der Waals surface area contributed by atoms with E-state index in [2.05, 4.69) is 14.7 Å². The van der Waals surface area contributed by atoms with Crippen molar-refractivity contribution in [3.63, 3.8) is 0 Å². The van der Waals surface area contributed by atoms with Crippen molar-refractivity contribution < 1.29 is 9.90 Å². The molecule has 1 rings (SSSR count). The van der Waals surface area contributed by atoms with Gasteiger partial charge in [0, 0.05) is 11.8 Å². The maximum atomic E-state index is 10.9. The smallest absolute Gasteiger partial charge is 0.321 e. The summed E-state index contributed by atoms with van der Waals surface area (Å²) >= 11 is 2.68. The van der Waals surface area contributed by atoms with E-state index in [1.807, 2.05) is 13.8 Å². The second kappa shape index (κ2) is 6.04. The van der Waals surface area contributed by atoms with Crippen LogP contribution in [0.25, 0.3) is 0 Å². The number of aromatic nitrogens is 2. The molecule has 1 aromatic heterocycles. The maximum absolute atomic E-state index is 10.9. The van der Waals surface area contributed by atoms with Crippen molar-refractivity contribution in [2.75, 3.05) is 5.75 Å². The molecule has 0 amide bonds. The lowest BCUT2D eigenvalue weighted by atomic mass is 10.3. The first-order valence-electron chi connectivity index (χ1n) is 4.48. The number of carbonyl (C=O) groups is 1. The highest BCUT2D eigenvalue weighted by molar-refractivity contribution is 8.01. The molecule has 0 saturated carbocycles. The topological polar surface area (TPSA) is 75.1 Å². The Morgan fingerprint density at radius 3 is 2.93 bits per heavy atom. The fourth-order valence-corrected chi connectivity index (χ4v) is 2.47. The van der Waals surface area contributed by atoms with Gasteiger partial charge in [-0.15, -0.1) is 0 Å². The van der Waals surface area contributed by atoms with Crippen molar-refractivity contribution in [2.45, 2.75) is 30.3 Å². The quantitative estimate of drug-likeness (QED) is 0.733. The van der Waals surface area contributed by atoms with Crippen LogP contribution in [0.4, 0.5) is 0 Å². The summed E-state index contributed by atoms with van der Waals surface area (Å²) in [6.07, 6.45) is 1.47. The van der Waals surface area contributed by atoms with Gasteiger partial charge in [-0.25, -0.2) is 4.98 Å². The van der Waals surface area contributed by atoms with Crippen LogP contribution in [0, 0.1) is 0 Å². The zero-order valence-electron chi connectivity index (χ0n) is 8.51. The SMILES string of the molecule is CC(C)NC(CSc1ncns1)C(=O)O. The van der Waals surface area contributed by atoms with E-state index in [-0.39, 0.29) is 6.04 Å². The van der Waals surface area contributed by atoms with Crippen molar-refractivity contribution in [3.05, 3.63) is 6.33 Å². The van der Waals surface area contributed by atoms with E-state index in [0.717, 1.165) is 4.34 Å². The van der Waals surface area contributed by atoms with Crippen LogP contribution in [0.5, 0.6) is 0 Å². The van der Waals surface area contributed by atoms with Crippen molar-refractivity contribution in [3.8, 4) is 0 Å². The second-order valence-electron chi connectivity index (χ2n) is 3.23. The Morgan fingerprint density at radius 1 is 1.73 bits per heavy atom. The van der Waals surface area contributed by atoms with Gasteiger partial charge in [-0.05, 0) is 11.5 Å². The zero-order chi connectivity index (χ0) is 11.3. The lowest BCUT2D eigenvalue weighted by Crippen LogP contribution is -2.42. The van der Waals surface area contributed by atoms with E-state index >= 15 is 0 Å². The van der Waals surface area contributed by atoms with E-state index < -0.39 is 12.0 Å². The fourth-order valence-electron chi connectivity index (χ4n) is 0.974. The number of hydrogen-bond donors (Lipinski definition) is 2. The molecule has 15 heavy (non-hydrogen) atoms. The summed E-state index contributed by atoms with van der Waals surface area (Å²) in [5, 5.41) is 11.9. The molecule has 0 aliphatic heterocycles. The summed E-state index contributed by atoms with van der Waals surface area (Å²) in [6, 6.07) is -0.389. The predicted molar refractivity (Wildman–Crippen MR) is 60.3 cm³/mol. The Kier molecular flexibility index (Phi) is 5.00. The average Bonchev–Trinajstić information content (AvgIpc) is 2.63. The van der Waals surface area contributed by atoms with Gasteiger partial charge in [0.15, 0.2) is 4.34 Å². The summed E-state index contributed by atoms with van der Waals surface area (Å²) < 4.78 is 4.65. The standard InChI is InChI=1S/C8H13N3O2S2/c1-5(2)11-6(7(12)13)3-14-8-9-4-10-15-8/h4-6,11H,3H2,1-2H3,(H,12,13). The molecule has 5 nitrogen and oxygen atoms in total. The molecule has 0 spiro atoms. The number of hydrogen-bond acceptors (Lipinski definition) is 6. The Bertz CT molecular complexity index is 303. The number of carboxylic acid groups (broad SMARTS) is 1. The largest absolute Gasteiger partial charge is 0.480 e. The van der Waals surface area contributed by atoms with Crippen LogP contribution in [0.1, 0.15) is 13.8 Å². The number of nitrogens with zero attached hydrogens (tertiary/aromatic N) is 2. The molecule has 0 fully saturated rings. The second-order valence-corrected chi connectivity index (χ2v) is 5.28. The van der Waals surface area contributed by atoms with Gasteiger partial charge in [0.05, 0.1) is 0 Å². The molecule has 0 aromatic carbocycles. The van der Waals surface area contributed by atoms with Gasteiger partial charge < -0.3 is 10.4 Å². The molecule has 2 N–H and O–H groups in total. The fraction of sp³-hybridized carbons (Fsp3) is 0.625. The minimum atomic E-state index is -0.833. The molecular formula is C8H13N3O2S2. The van der Waals surface area contributed by atoms with Gasteiger partial charge in [0.25, 0.3) is 0 Å². The lowest BCUT2D eigenvalue weighted by Gasteiger charge is -2.15. The van der Waals surface area contributed by atoms with Crippen molar-refractivity contribution in [1.29, 1.82) is 0 Å². The predicted octanol–water partition coefficient (Wildman–Crippen LogP) is 1.08. The number of rotatable bonds is 6. The third kappa shape index (κ3) is 4.59. The van der Waals surface area contributed by atoms with Gasteiger partial charge in [-0.1, -0.05) is 25.6 Å². The van der Waals surface area contributed by atoms with Gasteiger partial charge in [0.2, 0.25) is 0 Å². The molecule has 1 atom stereocenters. The number of nitrogens with one attached hydrogen (secondary N) is 1. The first-order valence-corrected chi connectivity index (χ1v) is 6.24. The van der Waals surface area contributed by atoms with Crippen molar-refractivity contribution >= 4 is 29.3 Å².